The maximum Gasteiger partial charge on any atom is 0.417 e. The van der Waals surface area contributed by atoms with Gasteiger partial charge >= 0.3 is 12.1 Å². The van der Waals surface area contributed by atoms with Crippen molar-refractivity contribution in [2.24, 2.45) is 0 Å². The molecule has 0 aliphatic carbocycles. The lowest BCUT2D eigenvalue weighted by Crippen LogP contribution is -2.23. The van der Waals surface area contributed by atoms with Crippen molar-refractivity contribution in [3.63, 3.8) is 0 Å². The lowest BCUT2D eigenvalue weighted by Gasteiger charge is -2.14. The average Bonchev–Trinajstić information content (AvgIpc) is 2.62. The second-order valence-electron chi connectivity index (χ2n) is 5.79. The minimum atomic E-state index is -4.71. The van der Waals surface area contributed by atoms with Gasteiger partial charge in [0.05, 0.1) is 11.1 Å². The fourth-order valence-corrected chi connectivity index (χ4v) is 3.10. The molecular formula is C19H15F3N2O3S. The predicted octanol–water partition coefficient (Wildman–Crippen LogP) is 4.69. The number of ether oxygens (including phenoxy) is 1. The number of hydrogen-bond acceptors (Lipinski definition) is 5. The standard InChI is InChI=1S/C19H15F3N2O3S/c1-11-7-13(28-10-23)8-12(2)17(11)24-16(25)9-27-18(26)14-5-3-4-6-15(14)19(20,21)22/h3-8H,9H2,1-2H3,(H,24,25). The summed E-state index contributed by atoms with van der Waals surface area (Å²) in [4.78, 5) is 24.8. The molecule has 0 radical (unpaired) electrons. The van der Waals surface area contributed by atoms with Crippen molar-refractivity contribution in [3.05, 3.63) is 58.7 Å². The summed E-state index contributed by atoms with van der Waals surface area (Å²) in [5.74, 6) is -1.93. The van der Waals surface area contributed by atoms with Crippen molar-refractivity contribution in [1.29, 1.82) is 5.26 Å². The maximum absolute atomic E-state index is 13.0. The van der Waals surface area contributed by atoms with Gasteiger partial charge < -0.3 is 10.1 Å². The highest BCUT2D eigenvalue weighted by Crippen LogP contribution is 2.32. The first-order valence-electron chi connectivity index (χ1n) is 7.94. The van der Waals surface area contributed by atoms with Crippen LogP contribution in [-0.2, 0) is 15.7 Å². The number of esters is 1. The first-order chi connectivity index (χ1) is 13.1. The van der Waals surface area contributed by atoms with Crippen LogP contribution in [0.4, 0.5) is 18.9 Å². The molecule has 0 bridgehead atoms. The molecule has 0 aliphatic heterocycles. The van der Waals surface area contributed by atoms with Gasteiger partial charge in [0, 0.05) is 10.6 Å². The molecule has 0 aliphatic rings. The summed E-state index contributed by atoms with van der Waals surface area (Å²) in [5, 5.41) is 13.2. The molecular weight excluding hydrogens is 393 g/mol. The molecule has 9 heteroatoms. The summed E-state index contributed by atoms with van der Waals surface area (Å²) in [6, 6.07) is 7.61. The largest absolute Gasteiger partial charge is 0.452 e. The highest BCUT2D eigenvalue weighted by atomic mass is 32.2. The molecule has 0 saturated carbocycles. The summed E-state index contributed by atoms with van der Waals surface area (Å²) in [7, 11) is 0. The van der Waals surface area contributed by atoms with Crippen molar-refractivity contribution in [1.82, 2.24) is 0 Å². The highest BCUT2D eigenvalue weighted by Gasteiger charge is 2.35. The number of nitriles is 1. The Bertz CT molecular complexity index is 929. The number of thioether (sulfide) groups is 1. The number of benzene rings is 2. The fourth-order valence-electron chi connectivity index (χ4n) is 2.53. The lowest BCUT2D eigenvalue weighted by molar-refractivity contribution is -0.138. The van der Waals surface area contributed by atoms with Crippen LogP contribution in [-0.4, -0.2) is 18.5 Å². The van der Waals surface area contributed by atoms with Crippen LogP contribution >= 0.6 is 11.8 Å². The summed E-state index contributed by atoms with van der Waals surface area (Å²) < 4.78 is 43.6. The third kappa shape index (κ3) is 5.27. The number of aryl methyl sites for hydroxylation is 2. The predicted molar refractivity (Wildman–Crippen MR) is 97.7 cm³/mol. The third-order valence-electron chi connectivity index (χ3n) is 3.72. The number of hydrogen-bond donors (Lipinski definition) is 1. The number of carbonyl (C=O) groups excluding carboxylic acids is 2. The molecule has 2 aromatic rings. The van der Waals surface area contributed by atoms with Crippen LogP contribution in [0.15, 0.2) is 41.3 Å². The molecule has 146 valence electrons. The lowest BCUT2D eigenvalue weighted by atomic mass is 10.1. The van der Waals surface area contributed by atoms with E-state index in [9.17, 15) is 22.8 Å². The molecule has 28 heavy (non-hydrogen) atoms. The molecule has 0 heterocycles. The molecule has 0 spiro atoms. The van der Waals surface area contributed by atoms with Gasteiger partial charge in [0.15, 0.2) is 6.61 Å². The molecule has 0 atom stereocenters. The van der Waals surface area contributed by atoms with E-state index in [0.717, 1.165) is 30.0 Å². The van der Waals surface area contributed by atoms with E-state index < -0.39 is 35.8 Å². The smallest absolute Gasteiger partial charge is 0.417 e. The van der Waals surface area contributed by atoms with Crippen LogP contribution < -0.4 is 5.32 Å². The fraction of sp³-hybridized carbons (Fsp3) is 0.211. The zero-order valence-electron chi connectivity index (χ0n) is 14.9. The van der Waals surface area contributed by atoms with Gasteiger partial charge in [-0.1, -0.05) is 12.1 Å². The van der Waals surface area contributed by atoms with Crippen molar-refractivity contribution in [3.8, 4) is 5.40 Å². The minimum absolute atomic E-state index is 0.485. The maximum atomic E-state index is 13.0. The Labute approximate surface area is 163 Å². The van der Waals surface area contributed by atoms with E-state index in [4.69, 9.17) is 10.00 Å². The van der Waals surface area contributed by atoms with Crippen LogP contribution in [0.3, 0.4) is 0 Å². The van der Waals surface area contributed by atoms with Crippen molar-refractivity contribution in [2.75, 3.05) is 11.9 Å². The van der Waals surface area contributed by atoms with Crippen LogP contribution in [0, 0.1) is 24.5 Å². The highest BCUT2D eigenvalue weighted by molar-refractivity contribution is 8.03. The molecule has 2 rings (SSSR count). The van der Waals surface area contributed by atoms with Crippen molar-refractivity contribution < 1.29 is 27.5 Å². The summed E-state index contributed by atoms with van der Waals surface area (Å²) >= 11 is 0.978. The van der Waals surface area contributed by atoms with Crippen LogP contribution in [0.5, 0.6) is 0 Å². The second-order valence-corrected chi connectivity index (χ2v) is 6.65. The van der Waals surface area contributed by atoms with Gasteiger partial charge in [-0.25, -0.2) is 4.79 Å². The second kappa shape index (κ2) is 8.80. The number of halogens is 3. The number of anilines is 1. The number of nitrogens with one attached hydrogen (secondary N) is 1. The SMILES string of the molecule is Cc1cc(SC#N)cc(C)c1NC(=O)COC(=O)c1ccccc1C(F)(F)F. The zero-order chi connectivity index (χ0) is 20.9. The Kier molecular flexibility index (Phi) is 6.70. The Morgan fingerprint density at radius 1 is 1.18 bits per heavy atom. The number of rotatable bonds is 5. The van der Waals surface area contributed by atoms with Gasteiger partial charge in [0.2, 0.25) is 0 Å². The van der Waals surface area contributed by atoms with Gasteiger partial charge in [-0.2, -0.15) is 18.4 Å². The van der Waals surface area contributed by atoms with Crippen LogP contribution in [0.1, 0.15) is 27.0 Å². The van der Waals surface area contributed by atoms with E-state index in [1.807, 2.05) is 5.40 Å². The Morgan fingerprint density at radius 2 is 1.79 bits per heavy atom. The van der Waals surface area contributed by atoms with E-state index in [0.29, 0.717) is 21.7 Å². The number of nitrogens with zero attached hydrogens (tertiary/aromatic N) is 1. The topological polar surface area (TPSA) is 79.2 Å². The molecule has 0 fully saturated rings. The van der Waals surface area contributed by atoms with Crippen LogP contribution in [0.2, 0.25) is 0 Å². The Morgan fingerprint density at radius 3 is 2.36 bits per heavy atom. The summed E-state index contributed by atoms with van der Waals surface area (Å²) in [5.41, 5.74) is 0.0874. The molecule has 0 saturated heterocycles. The van der Waals surface area contributed by atoms with Crippen molar-refractivity contribution in [2.45, 2.75) is 24.9 Å². The molecule has 0 unspecified atom stereocenters. The quantitative estimate of drug-likeness (QED) is 0.441. The molecule has 2 aromatic carbocycles. The van der Waals surface area contributed by atoms with Gasteiger partial charge in [-0.3, -0.25) is 4.79 Å². The normalized spacial score (nSPS) is 10.9. The number of thiocyanates is 1. The van der Waals surface area contributed by atoms with E-state index in [1.165, 1.54) is 6.07 Å². The Hall–Kier alpha value is -2.99. The first-order valence-corrected chi connectivity index (χ1v) is 8.75. The van der Waals surface area contributed by atoms with Crippen molar-refractivity contribution >= 4 is 29.3 Å². The van der Waals surface area contributed by atoms with Gasteiger partial charge in [-0.05, 0) is 61.0 Å². The minimum Gasteiger partial charge on any atom is -0.452 e. The summed E-state index contributed by atoms with van der Waals surface area (Å²) in [6.45, 7) is 2.73. The molecule has 5 nitrogen and oxygen atoms in total. The van der Waals surface area contributed by atoms with E-state index in [1.54, 1.807) is 26.0 Å². The molecule has 1 amide bonds. The average molecular weight is 408 g/mol. The van der Waals surface area contributed by atoms with Crippen LogP contribution in [0.25, 0.3) is 0 Å². The van der Waals surface area contributed by atoms with E-state index in [2.05, 4.69) is 5.32 Å². The molecule has 0 aromatic heterocycles. The first kappa shape index (κ1) is 21.3. The summed E-state index contributed by atoms with van der Waals surface area (Å²) in [6.07, 6.45) is -4.71. The number of carbonyl (C=O) groups is 2. The van der Waals surface area contributed by atoms with Gasteiger partial charge in [0.25, 0.3) is 5.91 Å². The Balaban J connectivity index is 2.06. The van der Waals surface area contributed by atoms with Gasteiger partial charge in [0.1, 0.15) is 5.40 Å². The third-order valence-corrected chi connectivity index (χ3v) is 4.28. The van der Waals surface area contributed by atoms with E-state index >= 15 is 0 Å². The number of alkyl halides is 3. The zero-order valence-corrected chi connectivity index (χ0v) is 15.7. The van der Waals surface area contributed by atoms with Gasteiger partial charge in [-0.15, -0.1) is 0 Å². The monoisotopic (exact) mass is 408 g/mol. The number of amides is 1. The molecule has 1 N–H and O–H groups in total. The van der Waals surface area contributed by atoms with E-state index in [-0.39, 0.29) is 0 Å².